The lowest BCUT2D eigenvalue weighted by Crippen LogP contribution is -2.31. The molecule has 2 amide bonds. The first kappa shape index (κ1) is 20.8. The lowest BCUT2D eigenvalue weighted by molar-refractivity contribution is -0.122. The number of hydrogen-bond acceptors (Lipinski definition) is 4. The van der Waals surface area contributed by atoms with E-state index in [9.17, 15) is 9.59 Å². The van der Waals surface area contributed by atoms with Crippen molar-refractivity contribution in [2.24, 2.45) is 0 Å². The zero-order valence-corrected chi connectivity index (χ0v) is 18.6. The van der Waals surface area contributed by atoms with Crippen LogP contribution in [0.4, 0.5) is 5.69 Å². The molecule has 7 heteroatoms. The third-order valence-corrected chi connectivity index (χ3v) is 5.95. The molecule has 0 aliphatic carbocycles. The van der Waals surface area contributed by atoms with Gasteiger partial charge in [0, 0.05) is 22.2 Å². The van der Waals surface area contributed by atoms with Gasteiger partial charge in [-0.2, -0.15) is 0 Å². The maximum Gasteiger partial charge on any atom is 0.266 e. The fraction of sp³-hybridized carbons (Fsp3) is 0.0952. The van der Waals surface area contributed by atoms with E-state index in [0.29, 0.717) is 9.23 Å². The molecule has 1 N–H and O–H groups in total. The summed E-state index contributed by atoms with van der Waals surface area (Å²) in [4.78, 5) is 26.8. The van der Waals surface area contributed by atoms with Crippen LogP contribution in [0.15, 0.2) is 71.7 Å². The van der Waals surface area contributed by atoms with E-state index in [4.69, 9.17) is 12.2 Å². The lowest BCUT2D eigenvalue weighted by Gasteiger charge is -2.14. The molecule has 0 aromatic heterocycles. The molecule has 0 atom stereocenters. The van der Waals surface area contributed by atoms with Gasteiger partial charge in [-0.05, 0) is 52.4 Å². The smallest absolute Gasteiger partial charge is 0.266 e. The van der Waals surface area contributed by atoms with Crippen molar-refractivity contribution in [1.29, 1.82) is 0 Å². The van der Waals surface area contributed by atoms with Gasteiger partial charge in [-0.25, -0.2) is 0 Å². The van der Waals surface area contributed by atoms with E-state index in [1.54, 1.807) is 6.08 Å². The molecule has 1 aliphatic rings. The molecule has 4 nitrogen and oxygen atoms in total. The van der Waals surface area contributed by atoms with Crippen LogP contribution in [0.5, 0.6) is 0 Å². The molecule has 2 aromatic carbocycles. The Bertz CT molecular complexity index is 958. The first-order valence-corrected chi connectivity index (χ1v) is 10.9. The average Bonchev–Trinajstić information content (AvgIpc) is 2.94. The van der Waals surface area contributed by atoms with Crippen LogP contribution in [0.1, 0.15) is 12.0 Å². The molecule has 28 heavy (non-hydrogen) atoms. The highest BCUT2D eigenvalue weighted by Gasteiger charge is 2.31. The zero-order valence-electron chi connectivity index (χ0n) is 14.8. The minimum absolute atomic E-state index is 0.149. The van der Waals surface area contributed by atoms with Gasteiger partial charge in [-0.15, -0.1) is 0 Å². The van der Waals surface area contributed by atoms with Crippen molar-refractivity contribution in [3.05, 3.63) is 80.8 Å². The van der Waals surface area contributed by atoms with Crippen LogP contribution in [-0.2, 0) is 9.59 Å². The molecule has 0 unspecified atom stereocenters. The number of thiocarbonyl (C=S) groups is 1. The molecule has 1 saturated heterocycles. The molecular formula is C21H17IN2O2S2. The fourth-order valence-corrected chi connectivity index (χ4v) is 4.32. The number of nitrogens with zero attached hydrogens (tertiary/aromatic N) is 1. The van der Waals surface area contributed by atoms with Crippen LogP contribution in [0, 0.1) is 3.57 Å². The molecule has 1 fully saturated rings. The van der Waals surface area contributed by atoms with Gasteiger partial charge in [-0.3, -0.25) is 14.5 Å². The van der Waals surface area contributed by atoms with Crippen molar-refractivity contribution >= 4 is 74.5 Å². The van der Waals surface area contributed by atoms with E-state index in [2.05, 4.69) is 27.9 Å². The summed E-state index contributed by atoms with van der Waals surface area (Å²) in [6.07, 6.45) is 5.72. The standard InChI is InChI=1S/C21H17IN2O2S2/c22-16-9-5-10-17(14-16)23-19(25)12-13-24-20(26)18(28-21(24)27)11-4-8-15-6-2-1-3-7-15/h1-11,14H,12-13H2,(H,23,25)/b8-4+,18-11-. The fourth-order valence-electron chi connectivity index (χ4n) is 2.52. The van der Waals surface area contributed by atoms with E-state index in [-0.39, 0.29) is 24.8 Å². The quantitative estimate of drug-likeness (QED) is 0.328. The number of carbonyl (C=O) groups excluding carboxylic acids is 2. The minimum Gasteiger partial charge on any atom is -0.326 e. The molecule has 0 bridgehead atoms. The van der Waals surface area contributed by atoms with Crippen LogP contribution in [0.2, 0.25) is 0 Å². The van der Waals surface area contributed by atoms with Crippen molar-refractivity contribution in [1.82, 2.24) is 4.90 Å². The summed E-state index contributed by atoms with van der Waals surface area (Å²) < 4.78 is 1.52. The highest BCUT2D eigenvalue weighted by molar-refractivity contribution is 14.1. The average molecular weight is 520 g/mol. The van der Waals surface area contributed by atoms with Gasteiger partial charge in [0.25, 0.3) is 5.91 Å². The zero-order chi connectivity index (χ0) is 19.9. The summed E-state index contributed by atoms with van der Waals surface area (Å²) in [7, 11) is 0. The second kappa shape index (κ2) is 9.99. The predicted molar refractivity (Wildman–Crippen MR) is 128 cm³/mol. The van der Waals surface area contributed by atoms with Gasteiger partial charge in [0.15, 0.2) is 0 Å². The normalized spacial score (nSPS) is 15.6. The molecule has 1 aliphatic heterocycles. The summed E-state index contributed by atoms with van der Waals surface area (Å²) in [5.74, 6) is -0.307. The summed E-state index contributed by atoms with van der Waals surface area (Å²) in [5.41, 5.74) is 1.80. The number of anilines is 1. The van der Waals surface area contributed by atoms with Crippen LogP contribution in [0.25, 0.3) is 6.08 Å². The van der Waals surface area contributed by atoms with Crippen molar-refractivity contribution < 1.29 is 9.59 Å². The summed E-state index contributed by atoms with van der Waals surface area (Å²) in [6.45, 7) is 0.264. The molecular weight excluding hydrogens is 503 g/mol. The number of amides is 2. The molecule has 0 saturated carbocycles. The van der Waals surface area contributed by atoms with Crippen molar-refractivity contribution in [2.75, 3.05) is 11.9 Å². The van der Waals surface area contributed by atoms with Crippen LogP contribution >= 0.6 is 46.6 Å². The Balaban J connectivity index is 1.55. The first-order valence-electron chi connectivity index (χ1n) is 8.55. The molecule has 0 spiro atoms. The topological polar surface area (TPSA) is 49.4 Å². The molecule has 3 rings (SSSR count). The Morgan fingerprint density at radius 3 is 2.71 bits per heavy atom. The van der Waals surface area contributed by atoms with Crippen molar-refractivity contribution in [2.45, 2.75) is 6.42 Å². The second-order valence-electron chi connectivity index (χ2n) is 5.93. The summed E-state index contributed by atoms with van der Waals surface area (Å²) >= 11 is 8.76. The Kier molecular flexibility index (Phi) is 7.41. The highest BCUT2D eigenvalue weighted by atomic mass is 127. The van der Waals surface area contributed by atoms with E-state index >= 15 is 0 Å². The largest absolute Gasteiger partial charge is 0.326 e. The minimum atomic E-state index is -0.158. The van der Waals surface area contributed by atoms with Gasteiger partial charge in [0.1, 0.15) is 4.32 Å². The third kappa shape index (κ3) is 5.76. The molecule has 0 radical (unpaired) electrons. The van der Waals surface area contributed by atoms with E-state index in [0.717, 1.165) is 14.8 Å². The van der Waals surface area contributed by atoms with Gasteiger partial charge in [0.2, 0.25) is 5.91 Å². The van der Waals surface area contributed by atoms with Crippen molar-refractivity contribution in [3.8, 4) is 0 Å². The predicted octanol–water partition coefficient (Wildman–Crippen LogP) is 5.08. The number of rotatable bonds is 6. The summed E-state index contributed by atoms with van der Waals surface area (Å²) in [6, 6.07) is 17.4. The first-order chi connectivity index (χ1) is 13.5. The maximum absolute atomic E-state index is 12.6. The monoisotopic (exact) mass is 520 g/mol. The van der Waals surface area contributed by atoms with Gasteiger partial charge >= 0.3 is 0 Å². The van der Waals surface area contributed by atoms with Crippen LogP contribution < -0.4 is 5.32 Å². The van der Waals surface area contributed by atoms with E-state index in [1.807, 2.05) is 66.7 Å². The Morgan fingerprint density at radius 1 is 1.18 bits per heavy atom. The number of hydrogen-bond donors (Lipinski definition) is 1. The van der Waals surface area contributed by atoms with Crippen molar-refractivity contribution in [3.63, 3.8) is 0 Å². The Labute approximate surface area is 187 Å². The maximum atomic E-state index is 12.6. The number of carbonyl (C=O) groups is 2. The Morgan fingerprint density at radius 2 is 1.96 bits per heavy atom. The number of benzene rings is 2. The number of nitrogens with one attached hydrogen (secondary N) is 1. The van der Waals surface area contributed by atoms with Crippen LogP contribution in [-0.4, -0.2) is 27.6 Å². The van der Waals surface area contributed by atoms with Gasteiger partial charge < -0.3 is 5.32 Å². The van der Waals surface area contributed by atoms with Gasteiger partial charge in [0.05, 0.1) is 4.91 Å². The second-order valence-corrected chi connectivity index (χ2v) is 8.86. The summed E-state index contributed by atoms with van der Waals surface area (Å²) in [5, 5.41) is 2.84. The van der Waals surface area contributed by atoms with Crippen LogP contribution in [0.3, 0.4) is 0 Å². The van der Waals surface area contributed by atoms with E-state index in [1.165, 1.54) is 16.7 Å². The van der Waals surface area contributed by atoms with Gasteiger partial charge in [-0.1, -0.05) is 72.5 Å². The third-order valence-electron chi connectivity index (χ3n) is 3.88. The number of thioether (sulfide) groups is 1. The molecule has 142 valence electrons. The molecule has 1 heterocycles. The SMILES string of the molecule is O=C(CCN1C(=O)/C(=C/C=C/c2ccccc2)SC1=S)Nc1cccc(I)c1. The van der Waals surface area contributed by atoms with E-state index < -0.39 is 0 Å². The number of allylic oxidation sites excluding steroid dienone is 2. The molecule has 2 aromatic rings. The Hall–Kier alpha value is -1.97. The lowest BCUT2D eigenvalue weighted by atomic mass is 10.2. The highest BCUT2D eigenvalue weighted by Crippen LogP contribution is 2.31. The number of halogens is 1.